The number of amides is 1. The fourth-order valence-electron chi connectivity index (χ4n) is 5.36. The average Bonchev–Trinajstić information content (AvgIpc) is 3.51. The second-order valence-electron chi connectivity index (χ2n) is 9.86. The third kappa shape index (κ3) is 4.11. The Balaban J connectivity index is 1.46. The summed E-state index contributed by atoms with van der Waals surface area (Å²) in [6.45, 7) is 12.1. The molecular formula is C25H35N7O. The van der Waals surface area contributed by atoms with E-state index in [0.717, 1.165) is 80.3 Å². The van der Waals surface area contributed by atoms with Gasteiger partial charge < -0.3 is 9.80 Å². The van der Waals surface area contributed by atoms with Gasteiger partial charge in [-0.05, 0) is 57.9 Å². The Morgan fingerprint density at radius 2 is 1.97 bits per heavy atom. The van der Waals surface area contributed by atoms with Crippen molar-refractivity contribution in [2.24, 2.45) is 5.92 Å². The molecule has 0 spiro atoms. The van der Waals surface area contributed by atoms with Crippen LogP contribution in [0.2, 0.25) is 0 Å². The van der Waals surface area contributed by atoms with E-state index in [2.05, 4.69) is 43.0 Å². The molecule has 8 heteroatoms. The number of aromatic nitrogens is 5. The maximum Gasteiger partial charge on any atom is 0.272 e. The largest absolute Gasteiger partial charge is 0.356 e. The Labute approximate surface area is 195 Å². The van der Waals surface area contributed by atoms with Gasteiger partial charge in [-0.1, -0.05) is 13.8 Å². The molecule has 2 saturated heterocycles. The Hall–Kier alpha value is -2.90. The zero-order chi connectivity index (χ0) is 23.1. The number of fused-ring (bicyclic) bond motifs is 1. The van der Waals surface area contributed by atoms with E-state index in [1.54, 1.807) is 0 Å². The molecule has 1 amide bonds. The zero-order valence-corrected chi connectivity index (χ0v) is 20.3. The minimum Gasteiger partial charge on any atom is -0.356 e. The Morgan fingerprint density at radius 3 is 2.73 bits per heavy atom. The van der Waals surface area contributed by atoms with Gasteiger partial charge in [0.15, 0.2) is 5.65 Å². The zero-order valence-electron chi connectivity index (χ0n) is 20.3. The molecule has 0 aromatic carbocycles. The molecule has 0 bridgehead atoms. The van der Waals surface area contributed by atoms with Crippen LogP contribution in [-0.2, 0) is 6.54 Å². The molecule has 0 aliphatic carbocycles. The van der Waals surface area contributed by atoms with E-state index in [1.165, 1.54) is 6.42 Å². The second kappa shape index (κ2) is 8.80. The van der Waals surface area contributed by atoms with Crippen molar-refractivity contribution < 1.29 is 4.79 Å². The van der Waals surface area contributed by atoms with Crippen LogP contribution in [0.5, 0.6) is 0 Å². The van der Waals surface area contributed by atoms with Gasteiger partial charge in [-0.15, -0.1) is 0 Å². The number of carbonyl (C=O) groups is 1. The quantitative estimate of drug-likeness (QED) is 0.585. The fraction of sp³-hybridized carbons (Fsp3) is 0.600. The molecule has 3 aromatic heterocycles. The summed E-state index contributed by atoms with van der Waals surface area (Å²) in [5, 5.41) is 9.44. The molecule has 0 N–H and O–H groups in total. The first kappa shape index (κ1) is 21.9. The van der Waals surface area contributed by atoms with Crippen LogP contribution >= 0.6 is 0 Å². The summed E-state index contributed by atoms with van der Waals surface area (Å²) in [4.78, 5) is 23.0. The van der Waals surface area contributed by atoms with Gasteiger partial charge in [0.1, 0.15) is 11.5 Å². The number of hydrogen-bond donors (Lipinski definition) is 0. The topological polar surface area (TPSA) is 71.6 Å². The van der Waals surface area contributed by atoms with Gasteiger partial charge in [0.25, 0.3) is 5.91 Å². The van der Waals surface area contributed by atoms with Crippen molar-refractivity contribution in [2.45, 2.75) is 72.4 Å². The number of carbonyl (C=O) groups excluding carboxylic acids is 1. The molecule has 5 rings (SSSR count). The highest BCUT2D eigenvalue weighted by Gasteiger charge is 2.32. The molecule has 0 saturated carbocycles. The molecule has 33 heavy (non-hydrogen) atoms. The van der Waals surface area contributed by atoms with Crippen LogP contribution in [-0.4, -0.2) is 54.8 Å². The number of rotatable bonds is 5. The summed E-state index contributed by atoms with van der Waals surface area (Å²) >= 11 is 0. The lowest BCUT2D eigenvalue weighted by Gasteiger charge is -2.34. The third-order valence-corrected chi connectivity index (χ3v) is 7.01. The number of likely N-dealkylation sites (tertiary alicyclic amines) is 1. The van der Waals surface area contributed by atoms with Gasteiger partial charge in [-0.3, -0.25) is 9.48 Å². The maximum atomic E-state index is 13.6. The van der Waals surface area contributed by atoms with Gasteiger partial charge in [0.05, 0.1) is 17.4 Å². The summed E-state index contributed by atoms with van der Waals surface area (Å²) in [7, 11) is 0. The first-order valence-electron chi connectivity index (χ1n) is 12.4. The second-order valence-corrected chi connectivity index (χ2v) is 9.86. The van der Waals surface area contributed by atoms with E-state index in [4.69, 9.17) is 10.1 Å². The molecule has 2 aliphatic heterocycles. The standard InChI is InChI=1S/C25H35N7O/c1-5-10-31-22(13-19(4)27-31)25(33)30-11-7-6-8-21(30)20-14-23-26-24(18(3)16-32(23)28-20)29-12-9-17(2)15-29/h13-14,16-17,21H,5-12,15H2,1-4H3/t17-,21-/m0/s1. The lowest BCUT2D eigenvalue weighted by Crippen LogP contribution is -2.39. The van der Waals surface area contributed by atoms with Crippen LogP contribution < -0.4 is 4.90 Å². The van der Waals surface area contributed by atoms with Crippen LogP contribution in [0.1, 0.15) is 79.4 Å². The molecule has 2 aliphatic rings. The molecule has 2 fully saturated rings. The van der Waals surface area contributed by atoms with Crippen LogP contribution in [0, 0.1) is 19.8 Å². The molecule has 8 nitrogen and oxygen atoms in total. The summed E-state index contributed by atoms with van der Waals surface area (Å²) in [5.74, 6) is 1.82. The number of anilines is 1. The van der Waals surface area contributed by atoms with Gasteiger partial charge >= 0.3 is 0 Å². The molecule has 176 valence electrons. The number of nitrogens with zero attached hydrogens (tertiary/aromatic N) is 7. The Kier molecular flexibility index (Phi) is 5.85. The number of piperidine rings is 1. The van der Waals surface area contributed by atoms with Crippen molar-refractivity contribution in [1.82, 2.24) is 29.3 Å². The molecular weight excluding hydrogens is 414 g/mol. The maximum absolute atomic E-state index is 13.6. The van der Waals surface area contributed by atoms with Crippen molar-refractivity contribution in [2.75, 3.05) is 24.5 Å². The minimum absolute atomic E-state index is 0.0335. The lowest BCUT2D eigenvalue weighted by molar-refractivity contribution is 0.0592. The SMILES string of the molecule is CCCn1nc(C)cc1C(=O)N1CCCC[C@H]1c1cc2nc(N3CC[C@H](C)C3)c(C)cn2n1. The summed E-state index contributed by atoms with van der Waals surface area (Å²) in [5.41, 5.74) is 4.50. The van der Waals surface area contributed by atoms with Gasteiger partial charge in [-0.25, -0.2) is 9.50 Å². The van der Waals surface area contributed by atoms with E-state index >= 15 is 0 Å². The highest BCUT2D eigenvalue weighted by Crippen LogP contribution is 2.33. The molecule has 0 unspecified atom stereocenters. The van der Waals surface area contributed by atoms with Crippen molar-refractivity contribution >= 4 is 17.4 Å². The minimum atomic E-state index is -0.0335. The molecule has 3 aromatic rings. The van der Waals surface area contributed by atoms with Crippen LogP contribution in [0.4, 0.5) is 5.82 Å². The van der Waals surface area contributed by atoms with E-state index in [1.807, 2.05) is 27.1 Å². The molecule has 5 heterocycles. The van der Waals surface area contributed by atoms with Crippen molar-refractivity contribution in [3.63, 3.8) is 0 Å². The van der Waals surface area contributed by atoms with Crippen LogP contribution in [0.25, 0.3) is 5.65 Å². The Morgan fingerprint density at radius 1 is 1.12 bits per heavy atom. The van der Waals surface area contributed by atoms with Crippen LogP contribution in [0.3, 0.4) is 0 Å². The Bertz CT molecular complexity index is 1160. The lowest BCUT2D eigenvalue weighted by atomic mass is 9.99. The number of hydrogen-bond acceptors (Lipinski definition) is 5. The van der Waals surface area contributed by atoms with Gasteiger partial charge in [0, 0.05) is 44.0 Å². The highest BCUT2D eigenvalue weighted by molar-refractivity contribution is 5.93. The van der Waals surface area contributed by atoms with Gasteiger partial charge in [0.2, 0.25) is 0 Å². The number of aryl methyl sites for hydroxylation is 3. The third-order valence-electron chi connectivity index (χ3n) is 7.01. The fourth-order valence-corrected chi connectivity index (χ4v) is 5.36. The monoisotopic (exact) mass is 449 g/mol. The summed E-state index contributed by atoms with van der Waals surface area (Å²) in [6, 6.07) is 3.96. The predicted molar refractivity (Wildman–Crippen MR) is 129 cm³/mol. The van der Waals surface area contributed by atoms with E-state index in [0.29, 0.717) is 11.6 Å². The van der Waals surface area contributed by atoms with Crippen molar-refractivity contribution in [3.05, 3.63) is 41.0 Å². The van der Waals surface area contributed by atoms with Crippen LogP contribution in [0.15, 0.2) is 18.3 Å². The highest BCUT2D eigenvalue weighted by atomic mass is 16.2. The average molecular weight is 450 g/mol. The van der Waals surface area contributed by atoms with E-state index < -0.39 is 0 Å². The van der Waals surface area contributed by atoms with E-state index in [9.17, 15) is 4.79 Å². The molecule has 0 radical (unpaired) electrons. The van der Waals surface area contributed by atoms with E-state index in [-0.39, 0.29) is 11.9 Å². The summed E-state index contributed by atoms with van der Waals surface area (Å²) < 4.78 is 3.75. The van der Waals surface area contributed by atoms with Crippen molar-refractivity contribution in [1.29, 1.82) is 0 Å². The van der Waals surface area contributed by atoms with Crippen molar-refractivity contribution in [3.8, 4) is 0 Å². The smallest absolute Gasteiger partial charge is 0.272 e. The first-order chi connectivity index (χ1) is 15.9. The van der Waals surface area contributed by atoms with Gasteiger partial charge in [-0.2, -0.15) is 10.2 Å². The first-order valence-corrected chi connectivity index (χ1v) is 12.4. The molecule has 2 atom stereocenters. The predicted octanol–water partition coefficient (Wildman–Crippen LogP) is 4.17. The normalized spacial score (nSPS) is 21.3. The summed E-state index contributed by atoms with van der Waals surface area (Å²) in [6.07, 6.45) is 7.28.